The Labute approximate surface area is 115 Å². The number of carbonyl (C=O) groups is 2. The molecule has 0 unspecified atom stereocenters. The Balaban J connectivity index is 2.63. The summed E-state index contributed by atoms with van der Waals surface area (Å²) >= 11 is 0. The molecule has 0 saturated heterocycles. The minimum absolute atomic E-state index is 0.201. The smallest absolute Gasteiger partial charge is 0.407 e. The van der Waals surface area contributed by atoms with Gasteiger partial charge in [-0.1, -0.05) is 25.7 Å². The van der Waals surface area contributed by atoms with E-state index in [1.807, 2.05) is 20.8 Å². The molecule has 2 atom stereocenters. The predicted octanol–water partition coefficient (Wildman–Crippen LogP) is 2.34. The average molecular weight is 270 g/mol. The molecule has 5 heteroatoms. The number of alkyl carbamates (subject to hydrolysis) is 1. The minimum atomic E-state index is -0.534. The van der Waals surface area contributed by atoms with E-state index in [1.54, 1.807) is 0 Å². The van der Waals surface area contributed by atoms with Gasteiger partial charge in [-0.2, -0.15) is 0 Å². The number of nitrogens with two attached hydrogens (primary N) is 1. The second-order valence-electron chi connectivity index (χ2n) is 6.25. The van der Waals surface area contributed by atoms with Crippen LogP contribution in [0.25, 0.3) is 0 Å². The topological polar surface area (TPSA) is 81.4 Å². The zero-order valence-electron chi connectivity index (χ0n) is 12.2. The van der Waals surface area contributed by atoms with Gasteiger partial charge in [-0.15, -0.1) is 0 Å². The van der Waals surface area contributed by atoms with Gasteiger partial charge < -0.3 is 15.8 Å². The molecule has 3 N–H and O–H groups in total. The van der Waals surface area contributed by atoms with Crippen LogP contribution in [-0.2, 0) is 9.53 Å². The number of hydrogen-bond acceptors (Lipinski definition) is 3. The van der Waals surface area contributed by atoms with Crippen LogP contribution in [0, 0.1) is 5.92 Å². The van der Waals surface area contributed by atoms with Crippen LogP contribution in [0.1, 0.15) is 59.3 Å². The van der Waals surface area contributed by atoms with Crippen molar-refractivity contribution in [2.45, 2.75) is 70.9 Å². The third-order valence-electron chi connectivity index (χ3n) is 3.33. The van der Waals surface area contributed by atoms with E-state index in [0.29, 0.717) is 0 Å². The average Bonchev–Trinajstić information content (AvgIpc) is 2.18. The van der Waals surface area contributed by atoms with Crippen LogP contribution in [0.15, 0.2) is 0 Å². The molecule has 1 fully saturated rings. The van der Waals surface area contributed by atoms with Crippen molar-refractivity contribution in [1.29, 1.82) is 0 Å². The fourth-order valence-corrected chi connectivity index (χ4v) is 2.46. The molecule has 19 heavy (non-hydrogen) atoms. The highest BCUT2D eigenvalue weighted by Crippen LogP contribution is 2.23. The first-order valence-electron chi connectivity index (χ1n) is 7.08. The second-order valence-corrected chi connectivity index (χ2v) is 6.25. The maximum atomic E-state index is 11.8. The summed E-state index contributed by atoms with van der Waals surface area (Å²) in [6, 6.07) is -0.201. The van der Waals surface area contributed by atoms with Gasteiger partial charge in [0.05, 0.1) is 5.92 Å². The van der Waals surface area contributed by atoms with Crippen molar-refractivity contribution in [3.05, 3.63) is 0 Å². The van der Waals surface area contributed by atoms with Crippen LogP contribution >= 0.6 is 0 Å². The Kier molecular flexibility index (Phi) is 5.63. The van der Waals surface area contributed by atoms with E-state index in [1.165, 1.54) is 0 Å². The molecule has 0 spiro atoms. The molecule has 0 aliphatic heterocycles. The van der Waals surface area contributed by atoms with Crippen molar-refractivity contribution in [3.8, 4) is 0 Å². The summed E-state index contributed by atoms with van der Waals surface area (Å²) in [6.45, 7) is 5.45. The Bertz CT molecular complexity index is 323. The number of amides is 2. The molecule has 5 nitrogen and oxygen atoms in total. The molecule has 0 aromatic heterocycles. The molecule has 0 bridgehead atoms. The van der Waals surface area contributed by atoms with Gasteiger partial charge in [-0.25, -0.2) is 4.79 Å². The number of rotatable bonds is 2. The highest BCUT2D eigenvalue weighted by molar-refractivity contribution is 5.78. The lowest BCUT2D eigenvalue weighted by molar-refractivity contribution is -0.123. The van der Waals surface area contributed by atoms with E-state index >= 15 is 0 Å². The van der Waals surface area contributed by atoms with Gasteiger partial charge >= 0.3 is 6.09 Å². The third-order valence-corrected chi connectivity index (χ3v) is 3.33. The number of carbonyl (C=O) groups excluding carboxylic acids is 2. The van der Waals surface area contributed by atoms with Gasteiger partial charge in [0.25, 0.3) is 0 Å². The Hall–Kier alpha value is -1.26. The molecular weight excluding hydrogens is 244 g/mol. The largest absolute Gasteiger partial charge is 0.444 e. The molecule has 110 valence electrons. The first-order valence-corrected chi connectivity index (χ1v) is 7.08. The SMILES string of the molecule is CC(C)(C)OC(=O)N[C@@H]1CCCCCC[C@H]1C(N)=O. The molecule has 0 aromatic rings. The maximum absolute atomic E-state index is 11.8. The molecule has 1 rings (SSSR count). The van der Waals surface area contributed by atoms with E-state index in [-0.39, 0.29) is 17.9 Å². The van der Waals surface area contributed by atoms with Crippen molar-refractivity contribution >= 4 is 12.0 Å². The van der Waals surface area contributed by atoms with E-state index in [0.717, 1.165) is 38.5 Å². The van der Waals surface area contributed by atoms with Crippen LogP contribution in [0.2, 0.25) is 0 Å². The standard InChI is InChI=1S/C14H26N2O3/c1-14(2,3)19-13(18)16-11-9-7-5-4-6-8-10(11)12(15)17/h10-11H,4-9H2,1-3H3,(H2,15,17)(H,16,18)/t10-,11-/m1/s1. The zero-order chi connectivity index (χ0) is 14.5. The zero-order valence-corrected chi connectivity index (χ0v) is 12.2. The number of hydrogen-bond donors (Lipinski definition) is 2. The first kappa shape index (κ1) is 15.8. The summed E-state index contributed by atoms with van der Waals surface area (Å²) in [5.41, 5.74) is 4.92. The monoisotopic (exact) mass is 270 g/mol. The van der Waals surface area contributed by atoms with Crippen molar-refractivity contribution < 1.29 is 14.3 Å². The molecule has 1 aliphatic carbocycles. The van der Waals surface area contributed by atoms with Crippen molar-refractivity contribution in [1.82, 2.24) is 5.32 Å². The van der Waals surface area contributed by atoms with Crippen molar-refractivity contribution in [2.75, 3.05) is 0 Å². The lowest BCUT2D eigenvalue weighted by Gasteiger charge is -2.29. The Morgan fingerprint density at radius 2 is 1.68 bits per heavy atom. The highest BCUT2D eigenvalue weighted by atomic mass is 16.6. The molecule has 1 saturated carbocycles. The quantitative estimate of drug-likeness (QED) is 0.808. The summed E-state index contributed by atoms with van der Waals surface area (Å²) in [4.78, 5) is 23.3. The van der Waals surface area contributed by atoms with Gasteiger partial charge in [0.2, 0.25) is 5.91 Å². The molecule has 2 amide bonds. The summed E-state index contributed by atoms with van der Waals surface area (Å²) in [6.07, 6.45) is 5.32. The molecule has 0 radical (unpaired) electrons. The van der Waals surface area contributed by atoms with E-state index in [2.05, 4.69) is 5.32 Å². The predicted molar refractivity (Wildman–Crippen MR) is 73.5 cm³/mol. The Morgan fingerprint density at radius 1 is 1.11 bits per heavy atom. The highest BCUT2D eigenvalue weighted by Gasteiger charge is 2.29. The second kappa shape index (κ2) is 6.78. The summed E-state index contributed by atoms with van der Waals surface area (Å²) < 4.78 is 5.24. The van der Waals surface area contributed by atoms with Crippen LogP contribution in [0.4, 0.5) is 4.79 Å². The normalized spacial score (nSPS) is 25.0. The maximum Gasteiger partial charge on any atom is 0.407 e. The van der Waals surface area contributed by atoms with E-state index in [9.17, 15) is 9.59 Å². The number of ether oxygens (including phenoxy) is 1. The Morgan fingerprint density at radius 3 is 2.21 bits per heavy atom. The van der Waals surface area contributed by atoms with Crippen LogP contribution < -0.4 is 11.1 Å². The molecular formula is C14H26N2O3. The number of primary amides is 1. The molecule has 0 aromatic carbocycles. The lowest BCUT2D eigenvalue weighted by Crippen LogP contribution is -2.47. The minimum Gasteiger partial charge on any atom is -0.444 e. The van der Waals surface area contributed by atoms with Gasteiger partial charge in [-0.3, -0.25) is 4.79 Å². The van der Waals surface area contributed by atoms with Crippen molar-refractivity contribution in [3.63, 3.8) is 0 Å². The fourth-order valence-electron chi connectivity index (χ4n) is 2.46. The number of nitrogens with one attached hydrogen (secondary N) is 1. The summed E-state index contributed by atoms with van der Waals surface area (Å²) in [5, 5.41) is 2.81. The van der Waals surface area contributed by atoms with E-state index < -0.39 is 11.7 Å². The molecule has 0 heterocycles. The van der Waals surface area contributed by atoms with Crippen LogP contribution in [0.5, 0.6) is 0 Å². The molecule has 1 aliphatic rings. The van der Waals surface area contributed by atoms with Gasteiger partial charge in [-0.05, 0) is 33.6 Å². The fraction of sp³-hybridized carbons (Fsp3) is 0.857. The lowest BCUT2D eigenvalue weighted by atomic mass is 9.86. The van der Waals surface area contributed by atoms with Gasteiger partial charge in [0.15, 0.2) is 0 Å². The van der Waals surface area contributed by atoms with Crippen LogP contribution in [0.3, 0.4) is 0 Å². The van der Waals surface area contributed by atoms with E-state index in [4.69, 9.17) is 10.5 Å². The summed E-state index contributed by atoms with van der Waals surface area (Å²) in [7, 11) is 0. The van der Waals surface area contributed by atoms with Crippen LogP contribution in [-0.4, -0.2) is 23.6 Å². The third kappa shape index (κ3) is 5.94. The van der Waals surface area contributed by atoms with Crippen molar-refractivity contribution in [2.24, 2.45) is 11.7 Å². The van der Waals surface area contributed by atoms with Gasteiger partial charge in [0.1, 0.15) is 5.60 Å². The van der Waals surface area contributed by atoms with Gasteiger partial charge in [0, 0.05) is 6.04 Å². The first-order chi connectivity index (χ1) is 8.79. The summed E-state index contributed by atoms with van der Waals surface area (Å²) in [5.74, 6) is -0.615.